The minimum atomic E-state index is 0.993. The molecule has 9 aromatic carbocycles. The summed E-state index contributed by atoms with van der Waals surface area (Å²) < 4.78 is 0. The number of rotatable bonds is 14. The Balaban J connectivity index is 0.000000149. The monoisotopic (exact) mass is 1150 g/mol. The van der Waals surface area contributed by atoms with Crippen LogP contribution in [0.5, 0.6) is 0 Å². The summed E-state index contributed by atoms with van der Waals surface area (Å²) >= 11 is 0. The number of aryl methyl sites for hydroxylation is 6. The van der Waals surface area contributed by atoms with Crippen molar-refractivity contribution in [2.45, 2.75) is 88.5 Å². The molecule has 0 unspecified atom stereocenters. The molecular weight excluding hydrogens is 1070 g/mol. The maximum Gasteiger partial charge on any atom is -0.00134 e. The number of allylic oxidation sites excluding steroid dienone is 14. The van der Waals surface area contributed by atoms with E-state index in [1.165, 1.54) is 156 Å². The van der Waals surface area contributed by atoms with Gasteiger partial charge in [-0.1, -0.05) is 170 Å². The molecule has 0 aliphatic heterocycles. The van der Waals surface area contributed by atoms with Crippen molar-refractivity contribution in [2.24, 2.45) is 0 Å². The Hall–Kier alpha value is -9.69. The van der Waals surface area contributed by atoms with E-state index in [0.717, 1.165) is 30.4 Å². The summed E-state index contributed by atoms with van der Waals surface area (Å²) in [6.45, 7) is 31.6. The summed E-state index contributed by atoms with van der Waals surface area (Å²) in [5, 5.41) is 0. The quantitative estimate of drug-likeness (QED) is 0.0952. The van der Waals surface area contributed by atoms with Crippen molar-refractivity contribution in [3.63, 3.8) is 0 Å². The molecule has 2 aliphatic carbocycles. The van der Waals surface area contributed by atoms with Crippen molar-refractivity contribution < 1.29 is 0 Å². The zero-order valence-corrected chi connectivity index (χ0v) is 53.9. The van der Waals surface area contributed by atoms with E-state index in [0.29, 0.717) is 0 Å². The predicted octanol–water partition coefficient (Wildman–Crippen LogP) is 24.3. The van der Waals surface area contributed by atoms with E-state index in [1.54, 1.807) is 0 Å². The van der Waals surface area contributed by atoms with Gasteiger partial charge in [0.25, 0.3) is 0 Å². The Bertz CT molecular complexity index is 4360. The third-order valence-corrected chi connectivity index (χ3v) is 17.6. The molecule has 0 N–H and O–H groups in total. The second kappa shape index (κ2) is 28.9. The number of benzene rings is 9. The molecule has 0 nitrogen and oxygen atoms in total. The molecule has 0 atom stereocenters. The van der Waals surface area contributed by atoms with Gasteiger partial charge in [-0.25, -0.2) is 0 Å². The second-order valence-electron chi connectivity index (χ2n) is 23.7. The van der Waals surface area contributed by atoms with E-state index in [-0.39, 0.29) is 0 Å². The minimum absolute atomic E-state index is 0.993. The Labute approximate surface area is 533 Å². The van der Waals surface area contributed by atoms with Crippen molar-refractivity contribution in [1.29, 1.82) is 0 Å². The first kappa shape index (κ1) is 62.4. The van der Waals surface area contributed by atoms with Crippen molar-refractivity contribution in [3.05, 3.63) is 352 Å². The number of hydrogen-bond acceptors (Lipinski definition) is 0. The summed E-state index contributed by atoms with van der Waals surface area (Å²) in [5.41, 5.74) is 39.1. The molecule has 12 rings (SSSR count). The fraction of sp³-hybridized carbons (Fsp3) is 0.148. The fourth-order valence-corrected chi connectivity index (χ4v) is 12.5. The van der Waals surface area contributed by atoms with E-state index < -0.39 is 0 Å². The van der Waals surface area contributed by atoms with Gasteiger partial charge in [-0.15, -0.1) is 0 Å². The van der Waals surface area contributed by atoms with Crippen LogP contribution in [-0.2, 0) is 12.8 Å². The van der Waals surface area contributed by atoms with Gasteiger partial charge in [0.2, 0.25) is 0 Å². The fourth-order valence-electron chi connectivity index (χ4n) is 12.5. The average Bonchev–Trinajstić information content (AvgIpc) is 1.90. The Morgan fingerprint density at radius 1 is 0.393 bits per heavy atom. The Kier molecular flexibility index (Phi) is 20.2. The molecule has 1 heteroatoms. The van der Waals surface area contributed by atoms with Gasteiger partial charge in [0.05, 0.1) is 0 Å². The van der Waals surface area contributed by atoms with Crippen molar-refractivity contribution in [2.75, 3.05) is 0 Å². The molecule has 0 radical (unpaired) electrons. The van der Waals surface area contributed by atoms with E-state index in [2.05, 4.69) is 312 Å². The summed E-state index contributed by atoms with van der Waals surface area (Å²) in [4.78, 5) is 0. The molecule has 0 saturated heterocycles. The van der Waals surface area contributed by atoms with Crippen LogP contribution in [0.3, 0.4) is 0 Å². The van der Waals surface area contributed by atoms with E-state index in [9.17, 15) is 0 Å². The van der Waals surface area contributed by atoms with Crippen molar-refractivity contribution >= 4 is 18.1 Å². The predicted molar refractivity (Wildman–Crippen MR) is 391 cm³/mol. The van der Waals surface area contributed by atoms with Crippen LogP contribution < -0.4 is 0 Å². The molecule has 2 aliphatic rings. The van der Waals surface area contributed by atoms with Crippen LogP contribution in [-0.4, -0.2) is 6.91 Å². The molecule has 0 amide bonds. The first-order valence-electron chi connectivity index (χ1n) is 31.6. The zero-order chi connectivity index (χ0) is 62.6. The smallest absolute Gasteiger partial charge is 0.00134 e. The average molecular weight is 1150 g/mol. The number of fused-ring (bicyclic) bond motifs is 6. The zero-order valence-electron chi connectivity index (χ0n) is 53.9. The second-order valence-corrected chi connectivity index (χ2v) is 23.7. The first-order valence-corrected chi connectivity index (χ1v) is 31.6. The van der Waals surface area contributed by atoms with Gasteiger partial charge in [0.1, 0.15) is 0 Å². The summed E-state index contributed by atoms with van der Waals surface area (Å²) in [6, 6.07) is 69.5. The van der Waals surface area contributed by atoms with Crippen LogP contribution in [0.2, 0.25) is 0 Å². The van der Waals surface area contributed by atoms with Gasteiger partial charge in [-0.05, 0) is 202 Å². The van der Waals surface area contributed by atoms with Crippen LogP contribution in [0.4, 0.5) is 0 Å². The third-order valence-electron chi connectivity index (χ3n) is 17.6. The molecule has 0 fully saturated rings. The molecule has 0 spiro atoms. The molecule has 89 heavy (non-hydrogen) atoms. The largest absolute Gasteiger partial charge is 0.0984 e. The Morgan fingerprint density at radius 2 is 0.854 bits per heavy atom. The van der Waals surface area contributed by atoms with Crippen LogP contribution in [0.15, 0.2) is 285 Å². The summed E-state index contributed by atoms with van der Waals surface area (Å²) in [6.07, 6.45) is 23.9. The first-order chi connectivity index (χ1) is 43.3. The van der Waals surface area contributed by atoms with Gasteiger partial charge in [0, 0.05) is 0 Å². The summed E-state index contributed by atoms with van der Waals surface area (Å²) in [7, 11) is 0. The van der Waals surface area contributed by atoms with E-state index in [1.807, 2.05) is 38.2 Å². The molecule has 0 bridgehead atoms. The minimum Gasteiger partial charge on any atom is -0.0984 e. The normalized spacial score (nSPS) is 12.6. The number of hydrogen-bond donors (Lipinski definition) is 0. The van der Waals surface area contributed by atoms with Gasteiger partial charge in [-0.2, -0.15) is 0 Å². The van der Waals surface area contributed by atoms with Crippen LogP contribution in [0, 0.1) is 41.5 Å². The third kappa shape index (κ3) is 14.3. The summed E-state index contributed by atoms with van der Waals surface area (Å²) in [5.74, 6) is 4.31. The maximum absolute atomic E-state index is 4.09. The van der Waals surface area contributed by atoms with Gasteiger partial charge in [0.15, 0.2) is 0 Å². The molecule has 1 heterocycles. The molecular formula is C88H83B. The standard InChI is InChI=1S/C34H26.C28H32.C26H25B/c1-21-6-8-27-17-29-12-10-25(19-33(29)31(27)14-21)23-4-3-5-24(16-23)26-11-13-30-18-28-9-7-22(2)15-32(28)34(30)20-26;1-7-11-15-23(8-2)24(9-3)19-25(10-4)26-18-17-22(6)28(20-26)27-16-13-12-14-21(27)5;1-5-7-11-21(6-2)23-15-24(18-27-17-23)22-14-13-20(4)26(16-22)25-12-9-8-10-19(25)3/h3-16,19-20H,17-18H2,1-2H3;7,9-20H,4,8H2,1-3,5-6H3;5-18H,2H2,1,3-4H3/b;11-7-,23-15+,24-9+,25-19+;7-5-,21-11+. The molecule has 10 aromatic rings. The van der Waals surface area contributed by atoms with Gasteiger partial charge < -0.3 is 0 Å². The van der Waals surface area contributed by atoms with Crippen LogP contribution in [0.1, 0.15) is 101 Å². The Morgan fingerprint density at radius 3 is 1.38 bits per heavy atom. The SMILES string of the molecule is C=C/C(=C\C=C/C)c1cbcc(-c2ccc(C)c(-c3ccccc3C)c2)c1.C=C\C(=C/C(=C\C)C(=C/C=C\C)/CC)c1ccc(C)c(-c2ccccc2C)c1.Cc1ccc2c(c1)-c1cc(-c3cccc(-c4ccc5c(c4)-c4cc(C)ccc4C5)c3)ccc1C2. The molecule has 0 saturated carbocycles. The van der Waals surface area contributed by atoms with Crippen molar-refractivity contribution in [3.8, 4) is 77.9 Å². The van der Waals surface area contributed by atoms with E-state index in [4.69, 9.17) is 0 Å². The van der Waals surface area contributed by atoms with Gasteiger partial charge >= 0.3 is 164 Å². The van der Waals surface area contributed by atoms with Crippen LogP contribution >= 0.6 is 0 Å². The van der Waals surface area contributed by atoms with Gasteiger partial charge in [-0.3, -0.25) is 0 Å². The maximum atomic E-state index is 4.09. The van der Waals surface area contributed by atoms with Crippen LogP contribution in [0.25, 0.3) is 89.0 Å². The molecule has 1 aromatic heterocycles. The topological polar surface area (TPSA) is 0 Å². The van der Waals surface area contributed by atoms with Crippen molar-refractivity contribution in [1.82, 2.24) is 0 Å². The molecule has 438 valence electrons. The van der Waals surface area contributed by atoms with E-state index >= 15 is 0 Å².